The lowest BCUT2D eigenvalue weighted by molar-refractivity contribution is 0.0420. The topological polar surface area (TPSA) is 61.4 Å². The van der Waals surface area contributed by atoms with Crippen LogP contribution in [0.5, 0.6) is 0 Å². The minimum Gasteiger partial charge on any atom is -0.379 e. The first kappa shape index (κ1) is 24.0. The summed E-state index contributed by atoms with van der Waals surface area (Å²) in [7, 11) is 0. The van der Waals surface area contributed by atoms with Crippen LogP contribution in [0.4, 0.5) is 0 Å². The molecule has 1 atom stereocenters. The summed E-state index contributed by atoms with van der Waals surface area (Å²) in [5.41, 5.74) is 2.62. The highest BCUT2D eigenvalue weighted by atomic mass is 16.5. The van der Waals surface area contributed by atoms with Crippen LogP contribution in [0.15, 0.2) is 29.3 Å². The largest absolute Gasteiger partial charge is 0.379 e. The Morgan fingerprint density at radius 3 is 2.48 bits per heavy atom. The van der Waals surface area contributed by atoms with E-state index in [4.69, 9.17) is 14.5 Å². The van der Waals surface area contributed by atoms with Gasteiger partial charge in [-0.1, -0.05) is 31.2 Å². The van der Waals surface area contributed by atoms with Crippen molar-refractivity contribution in [1.29, 1.82) is 0 Å². The second-order valence-corrected chi connectivity index (χ2v) is 8.36. The van der Waals surface area contributed by atoms with Crippen LogP contribution in [-0.4, -0.2) is 87.5 Å². The third-order valence-electron chi connectivity index (χ3n) is 5.96. The van der Waals surface area contributed by atoms with E-state index in [1.807, 2.05) is 0 Å². The number of guanidine groups is 1. The second-order valence-electron chi connectivity index (χ2n) is 8.36. The van der Waals surface area contributed by atoms with Crippen LogP contribution in [-0.2, 0) is 22.6 Å². The van der Waals surface area contributed by atoms with Crippen molar-refractivity contribution in [1.82, 2.24) is 20.4 Å². The van der Waals surface area contributed by atoms with Gasteiger partial charge in [-0.25, -0.2) is 4.99 Å². The summed E-state index contributed by atoms with van der Waals surface area (Å²) in [6.07, 6.45) is 2.26. The molecule has 0 spiro atoms. The molecule has 1 aromatic rings. The van der Waals surface area contributed by atoms with Gasteiger partial charge in [-0.15, -0.1) is 0 Å². The fourth-order valence-electron chi connectivity index (χ4n) is 3.96. The fourth-order valence-corrected chi connectivity index (χ4v) is 3.96. The molecule has 31 heavy (non-hydrogen) atoms. The van der Waals surface area contributed by atoms with Gasteiger partial charge in [0.2, 0.25) is 0 Å². The minimum atomic E-state index is 0.283. The quantitative estimate of drug-likeness (QED) is 0.318. The lowest BCUT2D eigenvalue weighted by Gasteiger charge is -2.34. The average molecular weight is 432 g/mol. The second kappa shape index (κ2) is 13.7. The number of hydrogen-bond donors (Lipinski definition) is 2. The van der Waals surface area contributed by atoms with Crippen LogP contribution in [0, 0.1) is 0 Å². The third-order valence-corrected chi connectivity index (χ3v) is 5.96. The van der Waals surface area contributed by atoms with E-state index in [0.29, 0.717) is 6.54 Å². The molecule has 3 rings (SSSR count). The van der Waals surface area contributed by atoms with E-state index in [1.54, 1.807) is 0 Å². The highest BCUT2D eigenvalue weighted by molar-refractivity contribution is 5.79. The van der Waals surface area contributed by atoms with E-state index in [-0.39, 0.29) is 6.10 Å². The first-order valence-electron chi connectivity index (χ1n) is 12.0. The molecule has 0 bridgehead atoms. The summed E-state index contributed by atoms with van der Waals surface area (Å²) in [5.74, 6) is 0.865. The molecule has 7 nitrogen and oxygen atoms in total. The molecular weight excluding hydrogens is 390 g/mol. The molecular formula is C24H41N5O2. The van der Waals surface area contributed by atoms with Crippen LogP contribution < -0.4 is 10.6 Å². The van der Waals surface area contributed by atoms with Gasteiger partial charge in [0.1, 0.15) is 0 Å². The molecule has 0 aliphatic carbocycles. The van der Waals surface area contributed by atoms with E-state index in [2.05, 4.69) is 58.5 Å². The molecule has 2 saturated heterocycles. The zero-order valence-corrected chi connectivity index (χ0v) is 19.4. The van der Waals surface area contributed by atoms with Crippen molar-refractivity contribution in [2.24, 2.45) is 4.99 Å². The smallest absolute Gasteiger partial charge is 0.191 e. The molecule has 174 valence electrons. The van der Waals surface area contributed by atoms with Gasteiger partial charge in [0.25, 0.3) is 0 Å². The monoisotopic (exact) mass is 431 g/mol. The molecule has 2 fully saturated rings. The van der Waals surface area contributed by atoms with Crippen LogP contribution >= 0.6 is 0 Å². The lowest BCUT2D eigenvalue weighted by Crippen LogP contribution is -2.45. The summed E-state index contributed by atoms with van der Waals surface area (Å²) in [4.78, 5) is 9.81. The molecule has 2 heterocycles. The number of likely N-dealkylation sites (N-methyl/N-ethyl adjacent to an activating group) is 1. The SMILES string of the molecule is CCNC(=NCc1ccc(CN2CCN(CC)CC2)cc1)NCCCOC1CCOC1. The Hall–Kier alpha value is -1.67. The Morgan fingerprint density at radius 2 is 1.81 bits per heavy atom. The molecule has 2 aliphatic heterocycles. The lowest BCUT2D eigenvalue weighted by atomic mass is 10.1. The molecule has 0 aromatic heterocycles. The van der Waals surface area contributed by atoms with Crippen molar-refractivity contribution >= 4 is 5.96 Å². The van der Waals surface area contributed by atoms with Crippen molar-refractivity contribution in [2.45, 2.75) is 45.9 Å². The third kappa shape index (κ3) is 8.77. The Labute approximate surface area is 188 Å². The van der Waals surface area contributed by atoms with Crippen LogP contribution in [0.1, 0.15) is 37.8 Å². The number of nitrogens with zero attached hydrogens (tertiary/aromatic N) is 3. The highest BCUT2D eigenvalue weighted by Crippen LogP contribution is 2.11. The van der Waals surface area contributed by atoms with Gasteiger partial charge in [-0.05, 0) is 37.4 Å². The standard InChI is InChI=1S/C24H41N5O2/c1-3-25-24(26-11-5-16-31-23-10-17-30-20-23)27-18-21-6-8-22(9-7-21)19-29-14-12-28(4-2)13-15-29/h6-9,23H,3-5,10-20H2,1-2H3,(H2,25,26,27). The summed E-state index contributed by atoms with van der Waals surface area (Å²) < 4.78 is 11.2. The molecule has 2 N–H and O–H groups in total. The van der Waals surface area contributed by atoms with Gasteiger partial charge in [-0.3, -0.25) is 4.90 Å². The number of piperazine rings is 1. The molecule has 7 heteroatoms. The Balaban J connectivity index is 1.37. The van der Waals surface area contributed by atoms with Crippen LogP contribution in [0.2, 0.25) is 0 Å². The highest BCUT2D eigenvalue weighted by Gasteiger charge is 2.16. The number of ether oxygens (including phenoxy) is 2. The maximum absolute atomic E-state index is 5.82. The van der Waals surface area contributed by atoms with Gasteiger partial charge in [0, 0.05) is 59.0 Å². The van der Waals surface area contributed by atoms with E-state index < -0.39 is 0 Å². The molecule has 0 amide bonds. The van der Waals surface area contributed by atoms with Crippen LogP contribution in [0.25, 0.3) is 0 Å². The van der Waals surface area contributed by atoms with Crippen molar-refractivity contribution in [2.75, 3.05) is 65.6 Å². The van der Waals surface area contributed by atoms with Crippen molar-refractivity contribution < 1.29 is 9.47 Å². The summed E-state index contributed by atoms with van der Waals surface area (Å²) in [6.45, 7) is 16.0. The molecule has 1 unspecified atom stereocenters. The van der Waals surface area contributed by atoms with E-state index in [0.717, 1.165) is 77.9 Å². The van der Waals surface area contributed by atoms with Gasteiger partial charge in [0.15, 0.2) is 5.96 Å². The molecule has 2 aliphatic rings. The van der Waals surface area contributed by atoms with E-state index in [1.165, 1.54) is 24.2 Å². The van der Waals surface area contributed by atoms with Crippen molar-refractivity contribution in [3.05, 3.63) is 35.4 Å². The van der Waals surface area contributed by atoms with E-state index in [9.17, 15) is 0 Å². The molecule has 0 radical (unpaired) electrons. The minimum absolute atomic E-state index is 0.283. The number of nitrogens with one attached hydrogen (secondary N) is 2. The fraction of sp³-hybridized carbons (Fsp3) is 0.708. The zero-order valence-electron chi connectivity index (χ0n) is 19.4. The van der Waals surface area contributed by atoms with Crippen LogP contribution in [0.3, 0.4) is 0 Å². The Bertz CT molecular complexity index is 638. The first-order valence-corrected chi connectivity index (χ1v) is 12.0. The van der Waals surface area contributed by atoms with Gasteiger partial charge in [0.05, 0.1) is 19.3 Å². The normalized spacial score (nSPS) is 20.8. The number of aliphatic imine (C=N–C) groups is 1. The maximum atomic E-state index is 5.82. The molecule has 1 aromatic carbocycles. The first-order chi connectivity index (χ1) is 15.3. The van der Waals surface area contributed by atoms with Gasteiger partial charge >= 0.3 is 0 Å². The number of benzene rings is 1. The zero-order chi connectivity index (χ0) is 21.7. The number of hydrogen-bond acceptors (Lipinski definition) is 5. The van der Waals surface area contributed by atoms with Gasteiger partial charge in [-0.2, -0.15) is 0 Å². The van der Waals surface area contributed by atoms with E-state index >= 15 is 0 Å². The molecule has 0 saturated carbocycles. The Morgan fingerprint density at radius 1 is 1.06 bits per heavy atom. The van der Waals surface area contributed by atoms with Gasteiger partial charge < -0.3 is 25.0 Å². The van der Waals surface area contributed by atoms with Crippen molar-refractivity contribution in [3.8, 4) is 0 Å². The Kier molecular flexibility index (Phi) is 10.6. The number of rotatable bonds is 11. The van der Waals surface area contributed by atoms with Crippen molar-refractivity contribution in [3.63, 3.8) is 0 Å². The predicted molar refractivity (Wildman–Crippen MR) is 126 cm³/mol. The maximum Gasteiger partial charge on any atom is 0.191 e. The average Bonchev–Trinajstić information content (AvgIpc) is 3.32. The summed E-state index contributed by atoms with van der Waals surface area (Å²) >= 11 is 0. The summed E-state index contributed by atoms with van der Waals surface area (Å²) in [5, 5.41) is 6.73. The predicted octanol–water partition coefficient (Wildman–Crippen LogP) is 2.07. The summed E-state index contributed by atoms with van der Waals surface area (Å²) in [6, 6.07) is 8.92.